The summed E-state index contributed by atoms with van der Waals surface area (Å²) in [5.41, 5.74) is 0.931. The van der Waals surface area contributed by atoms with Crippen molar-refractivity contribution in [2.24, 2.45) is 0 Å². The van der Waals surface area contributed by atoms with E-state index in [2.05, 4.69) is 9.97 Å². The monoisotopic (exact) mass is 306 g/mol. The third kappa shape index (κ3) is 2.84. The molecule has 2 nitrogen and oxygen atoms in total. The Labute approximate surface area is 124 Å². The van der Waals surface area contributed by atoms with E-state index in [-0.39, 0.29) is 0 Å². The van der Waals surface area contributed by atoms with Gasteiger partial charge in [0.1, 0.15) is 0 Å². The molecule has 0 aliphatic heterocycles. The first-order chi connectivity index (χ1) is 9.22. The Kier molecular flexibility index (Phi) is 3.60. The van der Waals surface area contributed by atoms with Crippen LogP contribution < -0.4 is 0 Å². The van der Waals surface area contributed by atoms with E-state index in [4.69, 9.17) is 23.2 Å². The molecule has 2 aromatic carbocycles. The molecule has 0 spiro atoms. The molecule has 0 atom stereocenters. The average molecular weight is 307 g/mol. The first-order valence-corrected chi connectivity index (χ1v) is 7.14. The van der Waals surface area contributed by atoms with Crippen molar-refractivity contribution in [3.63, 3.8) is 0 Å². The molecular formula is C14H8Cl2N2S. The molecule has 0 saturated heterocycles. The number of aromatic nitrogens is 2. The summed E-state index contributed by atoms with van der Waals surface area (Å²) in [6.45, 7) is 0. The first kappa shape index (κ1) is 12.7. The molecule has 3 rings (SSSR count). The first-order valence-electron chi connectivity index (χ1n) is 5.57. The van der Waals surface area contributed by atoms with Crippen molar-refractivity contribution in [1.82, 2.24) is 9.97 Å². The van der Waals surface area contributed by atoms with Crippen molar-refractivity contribution in [2.75, 3.05) is 0 Å². The van der Waals surface area contributed by atoms with E-state index < -0.39 is 0 Å². The van der Waals surface area contributed by atoms with Crippen LogP contribution in [0.3, 0.4) is 0 Å². The van der Waals surface area contributed by atoms with Gasteiger partial charge in [-0.2, -0.15) is 0 Å². The van der Waals surface area contributed by atoms with Crippen molar-refractivity contribution in [2.45, 2.75) is 10.1 Å². The molecule has 5 heteroatoms. The normalized spacial score (nSPS) is 10.8. The van der Waals surface area contributed by atoms with E-state index in [0.29, 0.717) is 15.2 Å². The molecule has 0 aliphatic carbocycles. The number of hydrogen-bond acceptors (Lipinski definition) is 3. The molecule has 0 bridgehead atoms. The third-order valence-electron chi connectivity index (χ3n) is 2.57. The van der Waals surface area contributed by atoms with Crippen LogP contribution in [-0.2, 0) is 0 Å². The van der Waals surface area contributed by atoms with Crippen LogP contribution in [0, 0.1) is 0 Å². The van der Waals surface area contributed by atoms with Gasteiger partial charge in [0, 0.05) is 16.5 Å². The fourth-order valence-corrected chi connectivity index (χ4v) is 2.79. The van der Waals surface area contributed by atoms with Crippen LogP contribution in [-0.4, -0.2) is 9.97 Å². The van der Waals surface area contributed by atoms with Crippen LogP contribution in [0.5, 0.6) is 0 Å². The minimum absolute atomic E-state index is 0.535. The fourth-order valence-electron chi connectivity index (χ4n) is 1.65. The Morgan fingerprint density at radius 2 is 1.79 bits per heavy atom. The lowest BCUT2D eigenvalue weighted by molar-refractivity contribution is 1.00. The van der Waals surface area contributed by atoms with Gasteiger partial charge in [-0.15, -0.1) is 0 Å². The maximum atomic E-state index is 5.99. The van der Waals surface area contributed by atoms with Crippen molar-refractivity contribution in [1.29, 1.82) is 0 Å². The summed E-state index contributed by atoms with van der Waals surface area (Å²) in [5.74, 6) is 0. The lowest BCUT2D eigenvalue weighted by Crippen LogP contribution is -1.87. The molecule has 3 aromatic rings. The molecule has 0 aliphatic rings. The highest BCUT2D eigenvalue weighted by Crippen LogP contribution is 2.31. The van der Waals surface area contributed by atoms with Crippen LogP contribution in [0.2, 0.25) is 10.0 Å². The highest BCUT2D eigenvalue weighted by atomic mass is 35.5. The number of nitrogens with zero attached hydrogens (tertiary/aromatic N) is 2. The van der Waals surface area contributed by atoms with E-state index >= 15 is 0 Å². The van der Waals surface area contributed by atoms with Crippen molar-refractivity contribution >= 4 is 45.9 Å². The van der Waals surface area contributed by atoms with E-state index in [0.717, 1.165) is 15.8 Å². The maximum Gasteiger partial charge on any atom is 0.192 e. The highest BCUT2D eigenvalue weighted by Gasteiger charge is 2.04. The zero-order valence-electron chi connectivity index (χ0n) is 9.68. The van der Waals surface area contributed by atoms with Gasteiger partial charge in [0.15, 0.2) is 5.16 Å². The summed E-state index contributed by atoms with van der Waals surface area (Å²) in [4.78, 5) is 9.79. The Morgan fingerprint density at radius 3 is 2.63 bits per heavy atom. The Hall–Kier alpha value is -1.29. The molecule has 0 radical (unpaired) electrons. The van der Waals surface area contributed by atoms with Crippen LogP contribution >= 0.6 is 35.0 Å². The molecule has 1 aromatic heterocycles. The number of para-hydroxylation sites is 1. The van der Waals surface area contributed by atoms with Gasteiger partial charge < -0.3 is 0 Å². The van der Waals surface area contributed by atoms with Gasteiger partial charge in [-0.25, -0.2) is 9.97 Å². The Balaban J connectivity index is 1.94. The summed E-state index contributed by atoms with van der Waals surface area (Å²) in [7, 11) is 0. The number of hydrogen-bond donors (Lipinski definition) is 0. The van der Waals surface area contributed by atoms with Crippen LogP contribution in [0.1, 0.15) is 0 Å². The highest BCUT2D eigenvalue weighted by molar-refractivity contribution is 7.99. The molecule has 19 heavy (non-hydrogen) atoms. The molecule has 0 saturated carbocycles. The summed E-state index contributed by atoms with van der Waals surface area (Å²) in [5, 5.41) is 2.80. The van der Waals surface area contributed by atoms with Gasteiger partial charge in [-0.05, 0) is 36.0 Å². The third-order valence-corrected chi connectivity index (χ3v) is 4.18. The predicted molar refractivity (Wildman–Crippen MR) is 80.1 cm³/mol. The number of benzene rings is 2. The average Bonchev–Trinajstić information content (AvgIpc) is 2.43. The Morgan fingerprint density at radius 1 is 0.947 bits per heavy atom. The number of rotatable bonds is 2. The zero-order valence-corrected chi connectivity index (χ0v) is 12.0. The van der Waals surface area contributed by atoms with E-state index in [9.17, 15) is 0 Å². The standard InChI is InChI=1S/C14H8Cl2N2S/c15-11-6-5-10(7-12(11)16)19-14-17-8-9-3-1-2-4-13(9)18-14/h1-8H. The summed E-state index contributed by atoms with van der Waals surface area (Å²) < 4.78 is 0. The molecule has 0 unspecified atom stereocenters. The van der Waals surface area contributed by atoms with Crippen molar-refractivity contribution < 1.29 is 0 Å². The molecule has 0 fully saturated rings. The van der Waals surface area contributed by atoms with E-state index in [1.54, 1.807) is 6.07 Å². The summed E-state index contributed by atoms with van der Waals surface area (Å²) >= 11 is 13.3. The zero-order chi connectivity index (χ0) is 13.2. The minimum Gasteiger partial charge on any atom is -0.230 e. The predicted octanol–water partition coefficient (Wildman–Crippen LogP) is 5.09. The second-order valence-corrected chi connectivity index (χ2v) is 5.74. The van der Waals surface area contributed by atoms with Gasteiger partial charge in [0.05, 0.1) is 15.6 Å². The van der Waals surface area contributed by atoms with Gasteiger partial charge >= 0.3 is 0 Å². The molecule has 94 valence electrons. The second kappa shape index (κ2) is 5.37. The van der Waals surface area contributed by atoms with Crippen LogP contribution in [0.4, 0.5) is 0 Å². The second-order valence-electron chi connectivity index (χ2n) is 3.89. The SMILES string of the molecule is Clc1ccc(Sc2ncc3ccccc3n2)cc1Cl. The molecule has 0 amide bonds. The molecule has 0 N–H and O–H groups in total. The topological polar surface area (TPSA) is 25.8 Å². The largest absolute Gasteiger partial charge is 0.230 e. The van der Waals surface area contributed by atoms with Crippen molar-refractivity contribution in [3.05, 3.63) is 58.7 Å². The van der Waals surface area contributed by atoms with Crippen molar-refractivity contribution in [3.8, 4) is 0 Å². The van der Waals surface area contributed by atoms with Gasteiger partial charge in [0.25, 0.3) is 0 Å². The van der Waals surface area contributed by atoms with Gasteiger partial charge in [-0.3, -0.25) is 0 Å². The van der Waals surface area contributed by atoms with Crippen LogP contribution in [0.15, 0.2) is 58.7 Å². The fraction of sp³-hybridized carbons (Fsp3) is 0. The van der Waals surface area contributed by atoms with E-state index in [1.807, 2.05) is 42.6 Å². The molecular weight excluding hydrogens is 299 g/mol. The summed E-state index contributed by atoms with van der Waals surface area (Å²) in [6.07, 6.45) is 1.82. The lowest BCUT2D eigenvalue weighted by Gasteiger charge is -2.03. The number of fused-ring (bicyclic) bond motifs is 1. The van der Waals surface area contributed by atoms with E-state index in [1.165, 1.54) is 11.8 Å². The number of halogens is 2. The van der Waals surface area contributed by atoms with Gasteiger partial charge in [-0.1, -0.05) is 41.4 Å². The van der Waals surface area contributed by atoms with Gasteiger partial charge in [0.2, 0.25) is 0 Å². The smallest absolute Gasteiger partial charge is 0.192 e. The maximum absolute atomic E-state index is 5.99. The quantitative estimate of drug-likeness (QED) is 0.617. The summed E-state index contributed by atoms with van der Waals surface area (Å²) in [6, 6.07) is 13.4. The minimum atomic E-state index is 0.535. The Bertz CT molecular complexity index is 746. The van der Waals surface area contributed by atoms with Crippen LogP contribution in [0.25, 0.3) is 10.9 Å². The molecule has 1 heterocycles. The lowest BCUT2D eigenvalue weighted by atomic mass is 10.2.